The Morgan fingerprint density at radius 2 is 2.00 bits per heavy atom. The summed E-state index contributed by atoms with van der Waals surface area (Å²) in [7, 11) is 2.92. The summed E-state index contributed by atoms with van der Waals surface area (Å²) < 4.78 is 24.0. The number of ether oxygens (including phenoxy) is 2. The molecule has 0 saturated carbocycles. The van der Waals surface area contributed by atoms with Crippen LogP contribution in [0.4, 0.5) is 4.39 Å². The zero-order valence-electron chi connectivity index (χ0n) is 9.33. The lowest BCUT2D eigenvalue weighted by Crippen LogP contribution is -2.09. The summed E-state index contributed by atoms with van der Waals surface area (Å²) in [5.41, 5.74) is 2.46. The number of methoxy groups -OCH3 is 2. The molecule has 16 heavy (non-hydrogen) atoms. The van der Waals surface area contributed by atoms with Crippen molar-refractivity contribution in [3.8, 4) is 11.5 Å². The molecular formula is C10H14FNO3S. The third-order valence-electron chi connectivity index (χ3n) is 2.10. The van der Waals surface area contributed by atoms with Crippen LogP contribution in [0.2, 0.25) is 0 Å². The second kappa shape index (κ2) is 5.93. The molecule has 2 N–H and O–H groups in total. The lowest BCUT2D eigenvalue weighted by Gasteiger charge is -2.15. The van der Waals surface area contributed by atoms with E-state index in [1.165, 1.54) is 32.0 Å². The van der Waals surface area contributed by atoms with Gasteiger partial charge in [-0.05, 0) is 12.3 Å². The first-order valence-electron chi connectivity index (χ1n) is 4.53. The highest BCUT2D eigenvalue weighted by molar-refractivity contribution is 7.98. The predicted molar refractivity (Wildman–Crippen MR) is 59.9 cm³/mol. The number of halogens is 1. The van der Waals surface area contributed by atoms with E-state index in [0.29, 0.717) is 22.0 Å². The quantitative estimate of drug-likeness (QED) is 0.616. The van der Waals surface area contributed by atoms with Gasteiger partial charge in [-0.15, -0.1) is 11.8 Å². The maximum atomic E-state index is 13.7. The molecule has 0 aliphatic carbocycles. The van der Waals surface area contributed by atoms with Crippen LogP contribution in [0.25, 0.3) is 0 Å². The van der Waals surface area contributed by atoms with E-state index in [1.807, 2.05) is 5.48 Å². The van der Waals surface area contributed by atoms with Gasteiger partial charge in [-0.1, -0.05) is 0 Å². The fourth-order valence-corrected chi connectivity index (χ4v) is 2.07. The van der Waals surface area contributed by atoms with Gasteiger partial charge in [-0.3, -0.25) is 0 Å². The van der Waals surface area contributed by atoms with Gasteiger partial charge in [0.25, 0.3) is 0 Å². The molecule has 4 nitrogen and oxygen atoms in total. The standard InChI is InChI=1S/C10H14FNO3S/c1-14-8-6(5-12-13)4-7(11)10(16-3)9(8)15-2/h4,12-13H,5H2,1-3H3. The first-order valence-corrected chi connectivity index (χ1v) is 5.76. The first-order chi connectivity index (χ1) is 7.69. The Kier molecular flexibility index (Phi) is 4.85. The smallest absolute Gasteiger partial charge is 0.177 e. The third kappa shape index (κ3) is 2.40. The van der Waals surface area contributed by atoms with Gasteiger partial charge >= 0.3 is 0 Å². The maximum absolute atomic E-state index is 13.7. The van der Waals surface area contributed by atoms with Crippen molar-refractivity contribution < 1.29 is 19.1 Å². The maximum Gasteiger partial charge on any atom is 0.177 e. The second-order valence-corrected chi connectivity index (χ2v) is 3.77. The molecule has 0 saturated heterocycles. The Hall–Kier alpha value is -0.980. The molecule has 0 atom stereocenters. The molecule has 0 fully saturated rings. The number of hydrogen-bond donors (Lipinski definition) is 2. The Morgan fingerprint density at radius 1 is 1.38 bits per heavy atom. The van der Waals surface area contributed by atoms with Gasteiger partial charge in [0.2, 0.25) is 0 Å². The van der Waals surface area contributed by atoms with Crippen molar-refractivity contribution in [1.82, 2.24) is 5.48 Å². The predicted octanol–water partition coefficient (Wildman–Crippen LogP) is 2.04. The van der Waals surface area contributed by atoms with E-state index >= 15 is 0 Å². The molecule has 0 amide bonds. The first kappa shape index (κ1) is 13.1. The molecule has 0 unspecified atom stereocenters. The van der Waals surface area contributed by atoms with Gasteiger partial charge in [0, 0.05) is 12.1 Å². The summed E-state index contributed by atoms with van der Waals surface area (Å²) in [6, 6.07) is 1.32. The molecule has 1 aromatic rings. The van der Waals surface area contributed by atoms with E-state index in [2.05, 4.69) is 0 Å². The van der Waals surface area contributed by atoms with Crippen LogP contribution in [0, 0.1) is 5.82 Å². The third-order valence-corrected chi connectivity index (χ3v) is 2.89. The number of hydrogen-bond acceptors (Lipinski definition) is 5. The lowest BCUT2D eigenvalue weighted by atomic mass is 10.1. The molecule has 0 aliphatic heterocycles. The molecule has 0 aromatic heterocycles. The van der Waals surface area contributed by atoms with E-state index in [9.17, 15) is 4.39 Å². The molecule has 0 heterocycles. The van der Waals surface area contributed by atoms with E-state index in [4.69, 9.17) is 14.7 Å². The van der Waals surface area contributed by atoms with Gasteiger partial charge < -0.3 is 14.7 Å². The van der Waals surface area contributed by atoms with Gasteiger partial charge in [0.15, 0.2) is 11.5 Å². The summed E-state index contributed by atoms with van der Waals surface area (Å²) in [4.78, 5) is 0.390. The van der Waals surface area contributed by atoms with E-state index in [0.717, 1.165) is 0 Å². The van der Waals surface area contributed by atoms with Crippen molar-refractivity contribution in [2.75, 3.05) is 20.5 Å². The normalized spacial score (nSPS) is 10.3. The molecule has 0 spiro atoms. The summed E-state index contributed by atoms with van der Waals surface area (Å²) in [5, 5.41) is 8.65. The van der Waals surface area contributed by atoms with Crippen molar-refractivity contribution in [2.24, 2.45) is 0 Å². The Bertz CT molecular complexity index is 374. The fourth-order valence-electron chi connectivity index (χ4n) is 1.46. The summed E-state index contributed by atoms with van der Waals surface area (Å²) in [6.07, 6.45) is 1.75. The zero-order valence-corrected chi connectivity index (χ0v) is 10.2. The van der Waals surface area contributed by atoms with E-state index in [1.54, 1.807) is 6.26 Å². The average Bonchev–Trinajstić information content (AvgIpc) is 2.28. The van der Waals surface area contributed by atoms with Crippen molar-refractivity contribution in [3.63, 3.8) is 0 Å². The average molecular weight is 247 g/mol. The molecule has 0 aliphatic rings. The van der Waals surface area contributed by atoms with Crippen molar-refractivity contribution in [2.45, 2.75) is 11.4 Å². The van der Waals surface area contributed by atoms with Crippen molar-refractivity contribution >= 4 is 11.8 Å². The molecule has 1 aromatic carbocycles. The minimum Gasteiger partial charge on any atom is -0.492 e. The SMILES string of the molecule is COc1c(CNO)cc(F)c(SC)c1OC. The molecule has 0 bridgehead atoms. The zero-order chi connectivity index (χ0) is 12.1. The van der Waals surface area contributed by atoms with Gasteiger partial charge in [-0.25, -0.2) is 9.87 Å². The van der Waals surface area contributed by atoms with Crippen LogP contribution in [-0.2, 0) is 6.54 Å². The molecule has 90 valence electrons. The fraction of sp³-hybridized carbons (Fsp3) is 0.400. The topological polar surface area (TPSA) is 50.7 Å². The minimum atomic E-state index is -0.393. The number of thioether (sulfide) groups is 1. The second-order valence-electron chi connectivity index (χ2n) is 2.95. The molecule has 6 heteroatoms. The highest BCUT2D eigenvalue weighted by atomic mass is 32.2. The summed E-state index contributed by atoms with van der Waals surface area (Å²) in [6.45, 7) is 0.0884. The van der Waals surface area contributed by atoms with Crippen LogP contribution in [0.3, 0.4) is 0 Å². The molecule has 0 radical (unpaired) electrons. The monoisotopic (exact) mass is 247 g/mol. The highest BCUT2D eigenvalue weighted by Crippen LogP contribution is 2.41. The lowest BCUT2D eigenvalue weighted by molar-refractivity contribution is 0.159. The van der Waals surface area contributed by atoms with Crippen LogP contribution < -0.4 is 15.0 Å². The Balaban J connectivity index is 3.37. The Labute approximate surface area is 97.7 Å². The summed E-state index contributed by atoms with van der Waals surface area (Å²) >= 11 is 1.24. The van der Waals surface area contributed by atoms with E-state index in [-0.39, 0.29) is 6.54 Å². The van der Waals surface area contributed by atoms with Crippen LogP contribution in [0.1, 0.15) is 5.56 Å². The van der Waals surface area contributed by atoms with Crippen LogP contribution in [0.5, 0.6) is 11.5 Å². The largest absolute Gasteiger partial charge is 0.492 e. The van der Waals surface area contributed by atoms with Gasteiger partial charge in [0.05, 0.1) is 19.1 Å². The van der Waals surface area contributed by atoms with Crippen LogP contribution in [0.15, 0.2) is 11.0 Å². The van der Waals surface area contributed by atoms with Crippen molar-refractivity contribution in [1.29, 1.82) is 0 Å². The highest BCUT2D eigenvalue weighted by Gasteiger charge is 2.19. The number of rotatable bonds is 5. The van der Waals surface area contributed by atoms with Gasteiger partial charge in [0.1, 0.15) is 5.82 Å². The summed E-state index contributed by atoms with van der Waals surface area (Å²) in [5.74, 6) is 0.380. The van der Waals surface area contributed by atoms with Crippen molar-refractivity contribution in [3.05, 3.63) is 17.4 Å². The minimum absolute atomic E-state index is 0.0884. The number of nitrogens with one attached hydrogen (secondary N) is 1. The van der Waals surface area contributed by atoms with Gasteiger partial charge in [-0.2, -0.15) is 0 Å². The number of benzene rings is 1. The molecule has 1 rings (SSSR count). The van der Waals surface area contributed by atoms with E-state index < -0.39 is 5.82 Å². The van der Waals surface area contributed by atoms with Crippen LogP contribution in [-0.4, -0.2) is 25.7 Å². The number of hydroxylamine groups is 1. The molecular weight excluding hydrogens is 233 g/mol. The van der Waals surface area contributed by atoms with Crippen LogP contribution >= 0.6 is 11.8 Å². The Morgan fingerprint density at radius 3 is 2.44 bits per heavy atom.